The van der Waals surface area contributed by atoms with Gasteiger partial charge in [-0.1, -0.05) is 85.8 Å². The first-order valence-corrected chi connectivity index (χ1v) is 8.61. The van der Waals surface area contributed by atoms with Gasteiger partial charge in [0, 0.05) is 0 Å². The Kier molecular flexibility index (Phi) is 2.87. The molecule has 0 unspecified atom stereocenters. The highest BCUT2D eigenvalue weighted by Gasteiger charge is 2.09. The van der Waals surface area contributed by atoms with Gasteiger partial charge in [-0.15, -0.1) is 0 Å². The number of fused-ring (bicyclic) bond motifs is 7. The molecule has 0 heteroatoms. The van der Waals surface area contributed by atoms with Crippen LogP contribution < -0.4 is 0 Å². The summed E-state index contributed by atoms with van der Waals surface area (Å²) in [5.74, 6) is 0. The largest absolute Gasteiger partial charge is 0.0616 e. The van der Waals surface area contributed by atoms with E-state index in [1.807, 2.05) is 0 Å². The molecule has 0 heterocycles. The molecule has 0 aliphatic carbocycles. The van der Waals surface area contributed by atoms with E-state index < -0.39 is 0 Å². The van der Waals surface area contributed by atoms with Gasteiger partial charge in [0.05, 0.1) is 0 Å². The van der Waals surface area contributed by atoms with Gasteiger partial charge in [0.15, 0.2) is 0 Å². The van der Waals surface area contributed by atoms with Crippen LogP contribution in [0.5, 0.6) is 0 Å². The van der Waals surface area contributed by atoms with E-state index in [4.69, 9.17) is 0 Å². The molecule has 0 nitrogen and oxygen atoms in total. The number of benzene rings is 5. The number of hydrogen-bond acceptors (Lipinski definition) is 0. The average molecular weight is 306 g/mol. The van der Waals surface area contributed by atoms with Crippen LogP contribution >= 0.6 is 0 Å². The summed E-state index contributed by atoms with van der Waals surface area (Å²) in [5.41, 5.74) is 1.43. The summed E-state index contributed by atoms with van der Waals surface area (Å²) >= 11 is 0. The number of aryl methyl sites for hydroxylation is 1. The normalized spacial score (nSPS) is 11.7. The fourth-order valence-electron chi connectivity index (χ4n) is 4.06. The van der Waals surface area contributed by atoms with Gasteiger partial charge in [-0.05, 0) is 55.1 Å². The van der Waals surface area contributed by atoms with Crippen molar-refractivity contribution in [1.29, 1.82) is 0 Å². The first-order chi connectivity index (χ1) is 11.9. The second kappa shape index (κ2) is 5.07. The van der Waals surface area contributed by atoms with Crippen molar-refractivity contribution in [2.24, 2.45) is 0 Å². The van der Waals surface area contributed by atoms with Crippen LogP contribution in [0.4, 0.5) is 0 Å². The topological polar surface area (TPSA) is 0 Å². The van der Waals surface area contributed by atoms with Crippen LogP contribution in [0.15, 0.2) is 78.9 Å². The van der Waals surface area contributed by atoms with Crippen LogP contribution in [0.1, 0.15) is 12.5 Å². The maximum Gasteiger partial charge on any atom is -0.00732 e. The summed E-state index contributed by atoms with van der Waals surface area (Å²) in [7, 11) is 0. The molecule has 0 aliphatic rings. The Morgan fingerprint density at radius 2 is 1.12 bits per heavy atom. The molecule has 0 aromatic heterocycles. The molecule has 0 spiro atoms. The Bertz CT molecular complexity index is 1230. The van der Waals surface area contributed by atoms with Crippen molar-refractivity contribution in [3.05, 3.63) is 84.4 Å². The average Bonchev–Trinajstić information content (AvgIpc) is 2.66. The Morgan fingerprint density at radius 3 is 2.00 bits per heavy atom. The lowest BCUT2D eigenvalue weighted by Gasteiger charge is -2.12. The van der Waals surface area contributed by atoms with Gasteiger partial charge in [-0.3, -0.25) is 0 Å². The minimum atomic E-state index is 1.06. The molecule has 0 fully saturated rings. The maximum absolute atomic E-state index is 2.31. The van der Waals surface area contributed by atoms with Gasteiger partial charge in [-0.25, -0.2) is 0 Å². The molecule has 0 amide bonds. The van der Waals surface area contributed by atoms with Gasteiger partial charge in [0.1, 0.15) is 0 Å². The van der Waals surface area contributed by atoms with Gasteiger partial charge >= 0.3 is 0 Å². The minimum Gasteiger partial charge on any atom is -0.0616 e. The van der Waals surface area contributed by atoms with Crippen LogP contribution in [0, 0.1) is 0 Å². The molecule has 24 heavy (non-hydrogen) atoms. The van der Waals surface area contributed by atoms with Gasteiger partial charge in [0.25, 0.3) is 0 Å². The van der Waals surface area contributed by atoms with Crippen LogP contribution in [0.3, 0.4) is 0 Å². The SMILES string of the molecule is CCc1cccc2ccc3c4ccc5ccccc5c4ccc3c12. The highest BCUT2D eigenvalue weighted by Crippen LogP contribution is 2.35. The lowest BCUT2D eigenvalue weighted by Crippen LogP contribution is -1.87. The van der Waals surface area contributed by atoms with Gasteiger partial charge in [-0.2, -0.15) is 0 Å². The van der Waals surface area contributed by atoms with E-state index in [-0.39, 0.29) is 0 Å². The molecular formula is C24H18. The third kappa shape index (κ3) is 1.80. The summed E-state index contributed by atoms with van der Waals surface area (Å²) in [5, 5.41) is 10.8. The molecule has 0 bridgehead atoms. The standard InChI is InChI=1S/C24H18/c1-2-16-7-5-8-18-11-13-22-21-12-10-17-6-3-4-9-19(17)20(21)14-15-23(22)24(16)18/h3-15H,2H2,1H3. The summed E-state index contributed by atoms with van der Waals surface area (Å²) in [6.45, 7) is 2.24. The monoisotopic (exact) mass is 306 g/mol. The third-order valence-corrected chi connectivity index (χ3v) is 5.23. The fourth-order valence-corrected chi connectivity index (χ4v) is 4.06. The highest BCUT2D eigenvalue weighted by molar-refractivity contribution is 6.22. The van der Waals surface area contributed by atoms with Crippen LogP contribution in [-0.4, -0.2) is 0 Å². The van der Waals surface area contributed by atoms with Crippen LogP contribution in [-0.2, 0) is 6.42 Å². The molecule has 0 atom stereocenters. The smallest absolute Gasteiger partial charge is 0.00732 e. The lowest BCUT2D eigenvalue weighted by molar-refractivity contribution is 1.16. The molecule has 0 radical (unpaired) electrons. The second-order valence-electron chi connectivity index (χ2n) is 6.48. The molecule has 0 aliphatic heterocycles. The molecule has 5 aromatic carbocycles. The van der Waals surface area contributed by atoms with Crippen molar-refractivity contribution in [3.8, 4) is 0 Å². The first kappa shape index (κ1) is 13.6. The molecule has 5 aromatic rings. The quantitative estimate of drug-likeness (QED) is 0.297. The van der Waals surface area contributed by atoms with E-state index >= 15 is 0 Å². The Labute approximate surface area is 141 Å². The van der Waals surface area contributed by atoms with E-state index in [1.54, 1.807) is 0 Å². The number of hydrogen-bond donors (Lipinski definition) is 0. The predicted molar refractivity (Wildman–Crippen MR) is 106 cm³/mol. The number of rotatable bonds is 1. The van der Waals surface area contributed by atoms with E-state index in [2.05, 4.69) is 85.8 Å². The molecule has 0 saturated carbocycles. The summed E-state index contributed by atoms with van der Waals surface area (Å²) in [6.07, 6.45) is 1.06. The van der Waals surface area contributed by atoms with E-state index in [1.165, 1.54) is 48.7 Å². The molecule has 0 N–H and O–H groups in total. The van der Waals surface area contributed by atoms with Gasteiger partial charge < -0.3 is 0 Å². The highest BCUT2D eigenvalue weighted by atomic mass is 14.1. The second-order valence-corrected chi connectivity index (χ2v) is 6.48. The zero-order chi connectivity index (χ0) is 16.1. The van der Waals surface area contributed by atoms with Crippen molar-refractivity contribution < 1.29 is 0 Å². The van der Waals surface area contributed by atoms with Crippen LogP contribution in [0.2, 0.25) is 0 Å². The fraction of sp³-hybridized carbons (Fsp3) is 0.0833. The van der Waals surface area contributed by atoms with Crippen LogP contribution in [0.25, 0.3) is 43.1 Å². The van der Waals surface area contributed by atoms with Crippen molar-refractivity contribution >= 4 is 43.1 Å². The zero-order valence-electron chi connectivity index (χ0n) is 13.7. The maximum atomic E-state index is 2.31. The Balaban J connectivity index is 2.02. The van der Waals surface area contributed by atoms with E-state index in [0.717, 1.165) is 6.42 Å². The van der Waals surface area contributed by atoms with Crippen molar-refractivity contribution in [2.45, 2.75) is 13.3 Å². The summed E-state index contributed by atoms with van der Waals surface area (Å²) < 4.78 is 0. The predicted octanol–water partition coefficient (Wildman–Crippen LogP) is 6.86. The van der Waals surface area contributed by atoms with Crippen molar-refractivity contribution in [2.75, 3.05) is 0 Å². The molecule has 0 saturated heterocycles. The van der Waals surface area contributed by atoms with Crippen molar-refractivity contribution in [3.63, 3.8) is 0 Å². The third-order valence-electron chi connectivity index (χ3n) is 5.23. The molecular weight excluding hydrogens is 288 g/mol. The Morgan fingerprint density at radius 1 is 0.500 bits per heavy atom. The first-order valence-electron chi connectivity index (χ1n) is 8.61. The Hall–Kier alpha value is -2.86. The summed E-state index contributed by atoms with van der Waals surface area (Å²) in [4.78, 5) is 0. The van der Waals surface area contributed by atoms with Gasteiger partial charge in [0.2, 0.25) is 0 Å². The lowest BCUT2D eigenvalue weighted by atomic mass is 9.92. The van der Waals surface area contributed by atoms with E-state index in [0.29, 0.717) is 0 Å². The zero-order valence-corrected chi connectivity index (χ0v) is 13.7. The van der Waals surface area contributed by atoms with Crippen molar-refractivity contribution in [1.82, 2.24) is 0 Å². The van der Waals surface area contributed by atoms with E-state index in [9.17, 15) is 0 Å². The molecule has 114 valence electrons. The summed E-state index contributed by atoms with van der Waals surface area (Å²) in [6, 6.07) is 29.0. The minimum absolute atomic E-state index is 1.06. The molecule has 5 rings (SSSR count).